The third kappa shape index (κ3) is 2.84. The Bertz CT molecular complexity index is 423. The van der Waals surface area contributed by atoms with E-state index in [1.54, 1.807) is 10.9 Å². The Balaban J connectivity index is 2.07. The zero-order chi connectivity index (χ0) is 12.4. The van der Waals surface area contributed by atoms with Gasteiger partial charge < -0.3 is 5.73 Å². The van der Waals surface area contributed by atoms with Gasteiger partial charge in [-0.15, -0.1) is 0 Å². The van der Waals surface area contributed by atoms with Crippen molar-refractivity contribution in [2.45, 2.75) is 42.7 Å². The van der Waals surface area contributed by atoms with Crippen molar-refractivity contribution in [3.8, 4) is 0 Å². The van der Waals surface area contributed by atoms with Crippen LogP contribution < -0.4 is 5.73 Å². The molecule has 1 aromatic heterocycles. The van der Waals surface area contributed by atoms with Gasteiger partial charge in [0.2, 0.25) is 0 Å². The molecule has 1 unspecified atom stereocenters. The van der Waals surface area contributed by atoms with Gasteiger partial charge in [0.15, 0.2) is 0 Å². The van der Waals surface area contributed by atoms with Crippen LogP contribution in [0.25, 0.3) is 0 Å². The van der Waals surface area contributed by atoms with Gasteiger partial charge in [0.25, 0.3) is 0 Å². The second-order valence-corrected chi connectivity index (χ2v) is 6.25. The Morgan fingerprint density at radius 3 is 2.71 bits per heavy atom. The summed E-state index contributed by atoms with van der Waals surface area (Å²) >= 11 is 0.701. The van der Waals surface area contributed by atoms with Crippen LogP contribution in [0, 0.1) is 0 Å². The van der Waals surface area contributed by atoms with E-state index < -0.39 is 4.58 Å². The lowest BCUT2D eigenvalue weighted by Gasteiger charge is -2.06. The highest BCUT2D eigenvalue weighted by atomic mass is 32.2. The third-order valence-corrected chi connectivity index (χ3v) is 4.24. The Morgan fingerprint density at radius 1 is 1.53 bits per heavy atom. The second-order valence-electron chi connectivity index (χ2n) is 4.43. The Hall–Kier alpha value is -0.950. The topological polar surface area (TPSA) is 78.0 Å². The van der Waals surface area contributed by atoms with E-state index in [0.717, 1.165) is 24.2 Å². The van der Waals surface area contributed by atoms with Gasteiger partial charge in [0, 0.05) is 20.5 Å². The average molecular weight is 273 g/mol. The van der Waals surface area contributed by atoms with Crippen molar-refractivity contribution in [2.24, 2.45) is 0 Å². The number of nitrogens with two attached hydrogens (primary N) is 1. The van der Waals surface area contributed by atoms with Crippen molar-refractivity contribution >= 4 is 29.0 Å². The van der Waals surface area contributed by atoms with Crippen LogP contribution in [0.4, 0.5) is 5.69 Å². The lowest BCUT2D eigenvalue weighted by atomic mass is 10.2. The molecule has 2 rings (SSSR count). The quantitative estimate of drug-likeness (QED) is 0.629. The van der Waals surface area contributed by atoms with Crippen molar-refractivity contribution in [1.29, 1.82) is 0 Å². The molecule has 1 heterocycles. The van der Waals surface area contributed by atoms with Crippen molar-refractivity contribution in [2.75, 3.05) is 5.73 Å². The SMILES string of the molecule is CC(CC([S+]=O)[S+]=O)n1cc(N)c(C2CC2)n1. The number of nitrogens with zero attached hydrogens (tertiary/aromatic N) is 2. The van der Waals surface area contributed by atoms with Crippen LogP contribution in [0.5, 0.6) is 0 Å². The average Bonchev–Trinajstić information content (AvgIpc) is 3.09. The summed E-state index contributed by atoms with van der Waals surface area (Å²) in [5.74, 6) is 0.516. The molecule has 0 bridgehead atoms. The van der Waals surface area contributed by atoms with E-state index in [0.29, 0.717) is 35.7 Å². The highest BCUT2D eigenvalue weighted by molar-refractivity contribution is 7.84. The summed E-state index contributed by atoms with van der Waals surface area (Å²) in [5.41, 5.74) is 7.59. The summed E-state index contributed by atoms with van der Waals surface area (Å²) in [6, 6.07) is 0.0256. The molecule has 0 radical (unpaired) electrons. The Morgan fingerprint density at radius 2 is 2.18 bits per heavy atom. The van der Waals surface area contributed by atoms with Crippen molar-refractivity contribution < 1.29 is 8.42 Å². The predicted octanol–water partition coefficient (Wildman–Crippen LogP) is 1.48. The zero-order valence-corrected chi connectivity index (χ0v) is 11.2. The van der Waals surface area contributed by atoms with Gasteiger partial charge in [0.1, 0.15) is 0 Å². The molecule has 0 spiro atoms. The fourth-order valence-electron chi connectivity index (χ4n) is 1.80. The largest absolute Gasteiger partial charge is 0.536 e. The van der Waals surface area contributed by atoms with Crippen molar-refractivity contribution in [3.63, 3.8) is 0 Å². The van der Waals surface area contributed by atoms with Crippen LogP contribution >= 0.6 is 0 Å². The van der Waals surface area contributed by atoms with Gasteiger partial charge in [-0.05, 0) is 19.8 Å². The molecule has 17 heavy (non-hydrogen) atoms. The summed E-state index contributed by atoms with van der Waals surface area (Å²) in [4.78, 5) is 0. The highest BCUT2D eigenvalue weighted by Crippen LogP contribution is 2.41. The summed E-state index contributed by atoms with van der Waals surface area (Å²) in [6.07, 6.45) is 4.63. The second kappa shape index (κ2) is 5.14. The summed E-state index contributed by atoms with van der Waals surface area (Å²) in [6.45, 7) is 1.95. The first-order valence-corrected chi connectivity index (χ1v) is 7.18. The molecule has 0 amide bonds. The minimum absolute atomic E-state index is 0.0256. The van der Waals surface area contributed by atoms with Crippen LogP contribution in [0.1, 0.15) is 43.8 Å². The Kier molecular flexibility index (Phi) is 3.78. The number of aromatic nitrogens is 2. The number of anilines is 1. The number of nitrogen functional groups attached to an aromatic ring is 1. The fraction of sp³-hybridized carbons (Fsp3) is 0.700. The Labute approximate surface area is 108 Å². The van der Waals surface area contributed by atoms with E-state index in [9.17, 15) is 8.42 Å². The lowest BCUT2D eigenvalue weighted by Crippen LogP contribution is -2.14. The summed E-state index contributed by atoms with van der Waals surface area (Å²) in [7, 11) is 0. The number of hydrogen-bond acceptors (Lipinski definition) is 4. The van der Waals surface area contributed by atoms with Crippen LogP contribution in [0.3, 0.4) is 0 Å². The number of hydrogen-bond donors (Lipinski definition) is 1. The maximum absolute atomic E-state index is 10.7. The van der Waals surface area contributed by atoms with E-state index in [4.69, 9.17) is 5.73 Å². The first-order chi connectivity index (χ1) is 8.15. The fourth-order valence-corrected chi connectivity index (χ4v) is 2.64. The van der Waals surface area contributed by atoms with Gasteiger partial charge in [-0.25, -0.2) is 0 Å². The lowest BCUT2D eigenvalue weighted by molar-refractivity contribution is 0.466. The van der Waals surface area contributed by atoms with E-state index >= 15 is 0 Å². The van der Waals surface area contributed by atoms with Crippen molar-refractivity contribution in [3.05, 3.63) is 11.9 Å². The summed E-state index contributed by atoms with van der Waals surface area (Å²) in [5, 5.41) is 4.46. The van der Waals surface area contributed by atoms with E-state index in [1.807, 2.05) is 6.92 Å². The molecule has 1 aliphatic rings. The molecule has 1 fully saturated rings. The molecule has 0 aliphatic heterocycles. The minimum Gasteiger partial charge on any atom is -0.396 e. The summed E-state index contributed by atoms with van der Waals surface area (Å²) < 4.78 is 22.6. The molecule has 0 saturated heterocycles. The maximum Gasteiger partial charge on any atom is 0.536 e. The normalized spacial score (nSPS) is 17.1. The van der Waals surface area contributed by atoms with Gasteiger partial charge in [0.05, 0.1) is 23.8 Å². The third-order valence-electron chi connectivity index (χ3n) is 2.95. The van der Waals surface area contributed by atoms with Gasteiger partial charge in [-0.3, -0.25) is 4.68 Å². The zero-order valence-electron chi connectivity index (χ0n) is 9.54. The van der Waals surface area contributed by atoms with Crippen LogP contribution in [0.2, 0.25) is 0 Å². The van der Waals surface area contributed by atoms with Gasteiger partial charge in [-0.2, -0.15) is 5.10 Å². The predicted molar refractivity (Wildman–Crippen MR) is 67.8 cm³/mol. The molecular weight excluding hydrogens is 258 g/mol. The van der Waals surface area contributed by atoms with Gasteiger partial charge >= 0.3 is 27.9 Å². The monoisotopic (exact) mass is 273 g/mol. The minimum atomic E-state index is -0.472. The van der Waals surface area contributed by atoms with E-state index in [-0.39, 0.29) is 6.04 Å². The molecule has 92 valence electrons. The highest BCUT2D eigenvalue weighted by Gasteiger charge is 2.38. The number of rotatable bonds is 6. The first-order valence-electron chi connectivity index (χ1n) is 5.57. The molecule has 2 N–H and O–H groups in total. The van der Waals surface area contributed by atoms with Crippen LogP contribution in [-0.4, -0.2) is 14.4 Å². The van der Waals surface area contributed by atoms with Crippen LogP contribution in [-0.2, 0) is 31.8 Å². The van der Waals surface area contributed by atoms with Crippen LogP contribution in [0.15, 0.2) is 6.20 Å². The molecule has 0 aromatic carbocycles. The van der Waals surface area contributed by atoms with E-state index in [1.165, 1.54) is 0 Å². The molecule has 1 aromatic rings. The van der Waals surface area contributed by atoms with Gasteiger partial charge in [-0.1, -0.05) is 0 Å². The molecule has 5 nitrogen and oxygen atoms in total. The maximum atomic E-state index is 10.7. The standard InChI is InChI=1S/C10H15N3O2S2/c1-6(4-9(16-14)17-15)13-5-8(11)10(12-13)7-2-3-7/h5-7,9H,2-4,11H2,1H3/q+2. The smallest absolute Gasteiger partial charge is 0.396 e. The molecule has 1 saturated carbocycles. The molecule has 1 atom stereocenters. The molecule has 7 heteroatoms. The van der Waals surface area contributed by atoms with E-state index in [2.05, 4.69) is 5.10 Å². The molecule has 1 aliphatic carbocycles. The van der Waals surface area contributed by atoms with Crippen molar-refractivity contribution in [1.82, 2.24) is 9.78 Å². The first kappa shape index (κ1) is 12.5. The molecular formula is C10H15N3O2S2+2.